The van der Waals surface area contributed by atoms with Crippen LogP contribution in [0.4, 0.5) is 0 Å². The molecule has 0 radical (unpaired) electrons. The van der Waals surface area contributed by atoms with Crippen LogP contribution in [0.15, 0.2) is 0 Å². The molecule has 1 rings (SSSR count). The first kappa shape index (κ1) is 28.4. The average Bonchev–Trinajstić information content (AvgIpc) is 3.06. The maximum Gasteiger partial charge on any atom is 0.184 e. The fourth-order valence-electron chi connectivity index (χ4n) is 4.25. The Hall–Kier alpha value is -0.670. The van der Waals surface area contributed by atoms with Gasteiger partial charge >= 0.3 is 0 Å². The van der Waals surface area contributed by atoms with E-state index < -0.39 is 12.4 Å². The van der Waals surface area contributed by atoms with Crippen molar-refractivity contribution in [2.45, 2.75) is 148 Å². The molecule has 1 heterocycles. The van der Waals surface area contributed by atoms with Crippen molar-refractivity contribution < 1.29 is 19.3 Å². The summed E-state index contributed by atoms with van der Waals surface area (Å²) in [5, 5.41) is 19.1. The number of aliphatic hydroxyl groups excluding tert-OH is 1. The summed E-state index contributed by atoms with van der Waals surface area (Å²) in [7, 11) is 0. The third-order valence-electron chi connectivity index (χ3n) is 6.18. The predicted molar refractivity (Wildman–Crippen MR) is 126 cm³/mol. The molecule has 0 aromatic heterocycles. The molecule has 1 fully saturated rings. The quantitative estimate of drug-likeness (QED) is 0.202. The number of hydrogen-bond donors (Lipinski definition) is 1. The van der Waals surface area contributed by atoms with Gasteiger partial charge in [0.1, 0.15) is 12.2 Å². The molecule has 182 valence electrons. The lowest BCUT2D eigenvalue weighted by molar-refractivity contribution is -0.145. The fraction of sp³-hybridized carbons (Fsp3) is 0.962. The Labute approximate surface area is 191 Å². The maximum absolute atomic E-state index is 10.5. The summed E-state index contributed by atoms with van der Waals surface area (Å²) in [6.45, 7) is 5.77. The van der Waals surface area contributed by atoms with Crippen molar-refractivity contribution in [3.8, 4) is 6.07 Å². The van der Waals surface area contributed by atoms with Crippen LogP contribution in [0.2, 0.25) is 0 Å². The molecule has 5 nitrogen and oxygen atoms in total. The van der Waals surface area contributed by atoms with Gasteiger partial charge in [-0.1, -0.05) is 90.9 Å². The molecule has 1 aliphatic heterocycles. The molecule has 0 aliphatic carbocycles. The predicted octanol–water partition coefficient (Wildman–Crippen LogP) is 6.67. The molecule has 31 heavy (non-hydrogen) atoms. The lowest BCUT2D eigenvalue weighted by Crippen LogP contribution is -2.38. The van der Waals surface area contributed by atoms with Crippen LogP contribution in [0.5, 0.6) is 0 Å². The monoisotopic (exact) mass is 439 g/mol. The smallest absolute Gasteiger partial charge is 0.184 e. The molecular weight excluding hydrogens is 390 g/mol. The Morgan fingerprint density at radius 3 is 1.84 bits per heavy atom. The fourth-order valence-corrected chi connectivity index (χ4v) is 4.25. The van der Waals surface area contributed by atoms with E-state index in [1.165, 1.54) is 64.2 Å². The van der Waals surface area contributed by atoms with E-state index >= 15 is 0 Å². The van der Waals surface area contributed by atoms with Gasteiger partial charge < -0.3 is 19.3 Å². The molecule has 4 atom stereocenters. The first-order valence-corrected chi connectivity index (χ1v) is 13.2. The summed E-state index contributed by atoms with van der Waals surface area (Å²) in [5.41, 5.74) is 0. The maximum atomic E-state index is 10.5. The van der Waals surface area contributed by atoms with Gasteiger partial charge in [0.05, 0.1) is 12.2 Å². The van der Waals surface area contributed by atoms with Gasteiger partial charge in [0.15, 0.2) is 6.29 Å². The molecule has 0 bridgehead atoms. The number of aliphatic hydroxyl groups is 1. The van der Waals surface area contributed by atoms with E-state index in [2.05, 4.69) is 19.9 Å². The Balaban J connectivity index is 2.41. The summed E-state index contributed by atoms with van der Waals surface area (Å²) in [5.74, 6) is 0. The highest BCUT2D eigenvalue weighted by atomic mass is 16.7. The molecule has 1 saturated heterocycles. The van der Waals surface area contributed by atoms with E-state index in [9.17, 15) is 5.11 Å². The molecule has 1 N–H and O–H groups in total. The number of rotatable bonds is 21. The van der Waals surface area contributed by atoms with Gasteiger partial charge in [0.2, 0.25) is 0 Å². The van der Waals surface area contributed by atoms with Crippen LogP contribution < -0.4 is 0 Å². The summed E-state index contributed by atoms with van der Waals surface area (Å²) < 4.78 is 18.2. The van der Waals surface area contributed by atoms with Gasteiger partial charge in [-0.3, -0.25) is 0 Å². The normalized spacial score (nSPS) is 23.3. The third kappa shape index (κ3) is 13.5. The van der Waals surface area contributed by atoms with E-state index in [-0.39, 0.29) is 12.2 Å². The van der Waals surface area contributed by atoms with E-state index in [1.807, 2.05) is 0 Å². The number of ether oxygens (including phenoxy) is 3. The summed E-state index contributed by atoms with van der Waals surface area (Å²) in [4.78, 5) is 0. The highest BCUT2D eigenvalue weighted by Gasteiger charge is 2.45. The van der Waals surface area contributed by atoms with E-state index in [0.717, 1.165) is 38.5 Å². The van der Waals surface area contributed by atoms with Gasteiger partial charge in [0, 0.05) is 19.6 Å². The zero-order valence-electron chi connectivity index (χ0n) is 20.4. The van der Waals surface area contributed by atoms with Gasteiger partial charge in [-0.15, -0.1) is 0 Å². The standard InChI is InChI=1S/C26H49NO4/c1-3-5-7-9-11-15-19-23-24(29-21-17-13-10-8-6-4-2)25(26(28)31-23)30-22-18-14-12-16-20-27/h23-26,28H,3-19,21-22H2,1-2H3. The largest absolute Gasteiger partial charge is 0.373 e. The molecule has 0 aromatic rings. The summed E-state index contributed by atoms with van der Waals surface area (Å²) >= 11 is 0. The number of unbranched alkanes of at least 4 members (excludes halogenated alkanes) is 13. The van der Waals surface area contributed by atoms with Crippen LogP contribution in [-0.2, 0) is 14.2 Å². The first-order chi connectivity index (χ1) is 15.2. The van der Waals surface area contributed by atoms with Crippen LogP contribution in [0.25, 0.3) is 0 Å². The molecule has 0 aromatic carbocycles. The molecule has 0 spiro atoms. The molecule has 0 amide bonds. The van der Waals surface area contributed by atoms with E-state index in [0.29, 0.717) is 19.6 Å². The van der Waals surface area contributed by atoms with Crippen molar-refractivity contribution in [1.29, 1.82) is 5.26 Å². The van der Waals surface area contributed by atoms with Crippen LogP contribution in [0, 0.1) is 11.3 Å². The van der Waals surface area contributed by atoms with E-state index in [1.54, 1.807) is 0 Å². The zero-order valence-corrected chi connectivity index (χ0v) is 20.4. The number of nitrogens with zero attached hydrogens (tertiary/aromatic N) is 1. The van der Waals surface area contributed by atoms with Gasteiger partial charge in [-0.2, -0.15) is 5.26 Å². The van der Waals surface area contributed by atoms with E-state index in [4.69, 9.17) is 19.5 Å². The minimum atomic E-state index is -0.904. The zero-order chi connectivity index (χ0) is 22.6. The second kappa shape index (κ2) is 20.0. The SMILES string of the molecule is CCCCCCCCOC1C(CCCCCCCC)OC(O)C1OCCCCCC#N. The van der Waals surface area contributed by atoms with Crippen molar-refractivity contribution in [1.82, 2.24) is 0 Å². The van der Waals surface area contributed by atoms with Crippen molar-refractivity contribution >= 4 is 0 Å². The summed E-state index contributed by atoms with van der Waals surface area (Å²) in [6.07, 6.45) is 17.6. The average molecular weight is 440 g/mol. The Kier molecular flexibility index (Phi) is 18.3. The Morgan fingerprint density at radius 1 is 0.710 bits per heavy atom. The molecule has 4 unspecified atom stereocenters. The lowest BCUT2D eigenvalue weighted by Gasteiger charge is -2.24. The van der Waals surface area contributed by atoms with Crippen LogP contribution in [0.3, 0.4) is 0 Å². The van der Waals surface area contributed by atoms with Crippen molar-refractivity contribution in [3.63, 3.8) is 0 Å². The van der Waals surface area contributed by atoms with Crippen LogP contribution in [0.1, 0.15) is 123 Å². The second-order valence-corrected chi connectivity index (χ2v) is 9.03. The summed E-state index contributed by atoms with van der Waals surface area (Å²) in [6, 6.07) is 2.18. The van der Waals surface area contributed by atoms with Gasteiger partial charge in [0.25, 0.3) is 0 Å². The molecule has 1 aliphatic rings. The topological polar surface area (TPSA) is 71.7 Å². The lowest BCUT2D eigenvalue weighted by atomic mass is 10.0. The van der Waals surface area contributed by atoms with Gasteiger partial charge in [-0.25, -0.2) is 0 Å². The number of nitriles is 1. The molecular formula is C26H49NO4. The molecule has 5 heteroatoms. The highest BCUT2D eigenvalue weighted by molar-refractivity contribution is 4.89. The van der Waals surface area contributed by atoms with Crippen molar-refractivity contribution in [2.24, 2.45) is 0 Å². The van der Waals surface area contributed by atoms with Crippen molar-refractivity contribution in [2.75, 3.05) is 13.2 Å². The Bertz CT molecular complexity index is 440. The van der Waals surface area contributed by atoms with Crippen LogP contribution in [-0.4, -0.2) is 42.9 Å². The minimum absolute atomic E-state index is 0.0788. The van der Waals surface area contributed by atoms with Crippen LogP contribution >= 0.6 is 0 Å². The number of hydrogen-bond acceptors (Lipinski definition) is 5. The van der Waals surface area contributed by atoms with Crippen molar-refractivity contribution in [3.05, 3.63) is 0 Å². The Morgan fingerprint density at radius 2 is 1.23 bits per heavy atom. The van der Waals surface area contributed by atoms with Gasteiger partial charge in [-0.05, 0) is 25.7 Å². The first-order valence-electron chi connectivity index (χ1n) is 13.2. The minimum Gasteiger partial charge on any atom is -0.373 e. The molecule has 0 saturated carbocycles. The third-order valence-corrected chi connectivity index (χ3v) is 6.18. The second-order valence-electron chi connectivity index (χ2n) is 9.03. The highest BCUT2D eigenvalue weighted by Crippen LogP contribution is 2.29.